The van der Waals surface area contributed by atoms with Gasteiger partial charge in [0.15, 0.2) is 6.10 Å². The Morgan fingerprint density at radius 1 is 0.339 bits per heavy atom. The Bertz CT molecular complexity index is 958. The van der Waals surface area contributed by atoms with Crippen LogP contribution in [-0.2, 0) is 28.6 Å². The zero-order valence-electron chi connectivity index (χ0n) is 39.5. The highest BCUT2D eigenvalue weighted by Gasteiger charge is 2.19. The third kappa shape index (κ3) is 46.8. The summed E-state index contributed by atoms with van der Waals surface area (Å²) in [7, 11) is 0. The van der Waals surface area contributed by atoms with Gasteiger partial charge in [-0.3, -0.25) is 14.4 Å². The third-order valence-corrected chi connectivity index (χ3v) is 11.5. The average molecular weight is 831 g/mol. The Balaban J connectivity index is 3.73. The second kappa shape index (κ2) is 48.6. The standard InChI is InChI=1S/C53H98O6/c1-4-7-10-13-14-15-16-17-18-19-20-21-22-23-24-25-26-27-28-29-30-31-32-33-34-35-36-37-38-41-43-46-52(55)58-49-50(59-53(56)47-44-40-12-9-6-3)48-57-51(54)45-42-39-11-8-5-2/h16-17,19-20,50H,4-15,18,21-49H2,1-3H3/b17-16-,20-19-. The summed E-state index contributed by atoms with van der Waals surface area (Å²) in [6.07, 6.45) is 55.6. The van der Waals surface area contributed by atoms with Gasteiger partial charge in [0.25, 0.3) is 0 Å². The first-order valence-corrected chi connectivity index (χ1v) is 25.8. The molecule has 0 radical (unpaired) electrons. The molecule has 0 aromatic carbocycles. The second-order valence-corrected chi connectivity index (χ2v) is 17.4. The first-order valence-electron chi connectivity index (χ1n) is 25.8. The number of rotatable bonds is 47. The lowest BCUT2D eigenvalue weighted by molar-refractivity contribution is -0.167. The van der Waals surface area contributed by atoms with Crippen LogP contribution in [0.2, 0.25) is 0 Å². The fourth-order valence-corrected chi connectivity index (χ4v) is 7.53. The lowest BCUT2D eigenvalue weighted by Gasteiger charge is -2.18. The Labute approximate surface area is 366 Å². The van der Waals surface area contributed by atoms with Crippen molar-refractivity contribution >= 4 is 17.9 Å². The molecule has 0 bridgehead atoms. The van der Waals surface area contributed by atoms with E-state index in [-0.39, 0.29) is 31.1 Å². The highest BCUT2D eigenvalue weighted by atomic mass is 16.6. The minimum absolute atomic E-state index is 0.0684. The van der Waals surface area contributed by atoms with Gasteiger partial charge in [0.05, 0.1) is 0 Å². The number of hydrogen-bond acceptors (Lipinski definition) is 6. The molecule has 1 unspecified atom stereocenters. The molecule has 0 fully saturated rings. The zero-order chi connectivity index (χ0) is 43.0. The molecule has 0 amide bonds. The van der Waals surface area contributed by atoms with Crippen molar-refractivity contribution in [2.45, 2.75) is 284 Å². The summed E-state index contributed by atoms with van der Waals surface area (Å²) in [4.78, 5) is 37.2. The number of carbonyl (C=O) groups is 3. The molecule has 0 aliphatic rings. The molecule has 0 spiro atoms. The van der Waals surface area contributed by atoms with Gasteiger partial charge >= 0.3 is 17.9 Å². The quantitative estimate of drug-likeness (QED) is 0.0263. The van der Waals surface area contributed by atoms with Crippen LogP contribution in [-0.4, -0.2) is 37.2 Å². The molecular weight excluding hydrogens is 733 g/mol. The van der Waals surface area contributed by atoms with Gasteiger partial charge < -0.3 is 14.2 Å². The van der Waals surface area contributed by atoms with Crippen LogP contribution in [0.1, 0.15) is 278 Å². The van der Waals surface area contributed by atoms with E-state index in [0.717, 1.165) is 77.0 Å². The zero-order valence-corrected chi connectivity index (χ0v) is 39.5. The lowest BCUT2D eigenvalue weighted by Crippen LogP contribution is -2.30. The topological polar surface area (TPSA) is 78.9 Å². The van der Waals surface area contributed by atoms with Gasteiger partial charge in [-0.25, -0.2) is 0 Å². The Morgan fingerprint density at radius 2 is 0.610 bits per heavy atom. The monoisotopic (exact) mass is 831 g/mol. The van der Waals surface area contributed by atoms with Crippen LogP contribution >= 0.6 is 0 Å². The molecule has 59 heavy (non-hydrogen) atoms. The van der Waals surface area contributed by atoms with Gasteiger partial charge in [0.1, 0.15) is 13.2 Å². The van der Waals surface area contributed by atoms with E-state index < -0.39 is 6.10 Å². The van der Waals surface area contributed by atoms with E-state index in [1.54, 1.807) is 0 Å². The number of hydrogen-bond donors (Lipinski definition) is 0. The van der Waals surface area contributed by atoms with Crippen LogP contribution in [0.3, 0.4) is 0 Å². The van der Waals surface area contributed by atoms with Crippen molar-refractivity contribution in [2.75, 3.05) is 13.2 Å². The lowest BCUT2D eigenvalue weighted by atomic mass is 10.0. The molecule has 6 nitrogen and oxygen atoms in total. The van der Waals surface area contributed by atoms with Crippen molar-refractivity contribution < 1.29 is 28.6 Å². The minimum Gasteiger partial charge on any atom is -0.462 e. The van der Waals surface area contributed by atoms with Gasteiger partial charge in [-0.1, -0.05) is 231 Å². The Kier molecular flexibility index (Phi) is 46.8. The van der Waals surface area contributed by atoms with Gasteiger partial charge in [0, 0.05) is 19.3 Å². The Morgan fingerprint density at radius 3 is 0.932 bits per heavy atom. The van der Waals surface area contributed by atoms with E-state index in [1.165, 1.54) is 161 Å². The molecule has 0 heterocycles. The van der Waals surface area contributed by atoms with Gasteiger partial charge in [-0.15, -0.1) is 0 Å². The maximum Gasteiger partial charge on any atom is 0.306 e. The van der Waals surface area contributed by atoms with E-state index in [4.69, 9.17) is 14.2 Å². The number of ether oxygens (including phenoxy) is 3. The number of esters is 3. The fraction of sp³-hybridized carbons (Fsp3) is 0.868. The highest BCUT2D eigenvalue weighted by Crippen LogP contribution is 2.16. The van der Waals surface area contributed by atoms with E-state index in [0.29, 0.717) is 19.3 Å². The summed E-state index contributed by atoms with van der Waals surface area (Å²) in [5.41, 5.74) is 0. The van der Waals surface area contributed by atoms with Crippen LogP contribution in [0, 0.1) is 0 Å². The maximum atomic E-state index is 12.5. The predicted octanol–water partition coefficient (Wildman–Crippen LogP) is 16.8. The van der Waals surface area contributed by atoms with Gasteiger partial charge in [-0.2, -0.15) is 0 Å². The van der Waals surface area contributed by atoms with E-state index in [9.17, 15) is 14.4 Å². The smallest absolute Gasteiger partial charge is 0.306 e. The summed E-state index contributed by atoms with van der Waals surface area (Å²) < 4.78 is 16.5. The van der Waals surface area contributed by atoms with Gasteiger partial charge in [0.2, 0.25) is 0 Å². The van der Waals surface area contributed by atoms with Crippen molar-refractivity contribution in [3.8, 4) is 0 Å². The Hall–Kier alpha value is -2.11. The molecule has 6 heteroatoms. The third-order valence-electron chi connectivity index (χ3n) is 11.5. The fourth-order valence-electron chi connectivity index (χ4n) is 7.53. The molecule has 0 saturated heterocycles. The van der Waals surface area contributed by atoms with Crippen molar-refractivity contribution in [3.63, 3.8) is 0 Å². The first-order chi connectivity index (χ1) is 29.0. The first kappa shape index (κ1) is 56.9. The maximum absolute atomic E-state index is 12.5. The number of unbranched alkanes of at least 4 members (excludes halogenated alkanes) is 32. The summed E-state index contributed by atoms with van der Waals surface area (Å²) in [6.45, 7) is 6.47. The van der Waals surface area contributed by atoms with Crippen LogP contribution in [0.5, 0.6) is 0 Å². The van der Waals surface area contributed by atoms with Crippen LogP contribution in [0.15, 0.2) is 24.3 Å². The van der Waals surface area contributed by atoms with E-state index in [1.807, 2.05) is 0 Å². The normalized spacial score (nSPS) is 12.1. The SMILES string of the molecule is CCCCCCC/C=C\C/C=C\CCCCCCCCCCCCCCCCCCCCCC(=O)OCC(COC(=O)CCCCCCC)OC(=O)CCCCCCC. The molecule has 346 valence electrons. The van der Waals surface area contributed by atoms with E-state index in [2.05, 4.69) is 45.1 Å². The molecule has 0 N–H and O–H groups in total. The van der Waals surface area contributed by atoms with Crippen LogP contribution in [0.25, 0.3) is 0 Å². The molecule has 0 rings (SSSR count). The molecule has 0 aromatic heterocycles. The molecule has 0 aliphatic heterocycles. The van der Waals surface area contributed by atoms with E-state index >= 15 is 0 Å². The van der Waals surface area contributed by atoms with Gasteiger partial charge in [-0.05, 0) is 51.4 Å². The molecule has 0 aromatic rings. The minimum atomic E-state index is -0.758. The van der Waals surface area contributed by atoms with Crippen molar-refractivity contribution in [2.24, 2.45) is 0 Å². The number of carbonyl (C=O) groups excluding carboxylic acids is 3. The van der Waals surface area contributed by atoms with Crippen molar-refractivity contribution in [1.82, 2.24) is 0 Å². The largest absolute Gasteiger partial charge is 0.462 e. The molecular formula is C53H98O6. The van der Waals surface area contributed by atoms with Crippen LogP contribution < -0.4 is 0 Å². The highest BCUT2D eigenvalue weighted by molar-refractivity contribution is 5.71. The predicted molar refractivity (Wildman–Crippen MR) is 252 cm³/mol. The molecule has 0 saturated carbocycles. The van der Waals surface area contributed by atoms with Crippen LogP contribution in [0.4, 0.5) is 0 Å². The van der Waals surface area contributed by atoms with Crippen molar-refractivity contribution in [1.29, 1.82) is 0 Å². The summed E-state index contributed by atoms with van der Waals surface area (Å²) in [6, 6.07) is 0. The average Bonchev–Trinajstić information content (AvgIpc) is 3.23. The molecule has 0 aliphatic carbocycles. The van der Waals surface area contributed by atoms with Crippen molar-refractivity contribution in [3.05, 3.63) is 24.3 Å². The summed E-state index contributed by atoms with van der Waals surface area (Å²) in [5, 5.41) is 0. The number of allylic oxidation sites excluding steroid dienone is 4. The summed E-state index contributed by atoms with van der Waals surface area (Å²) >= 11 is 0. The molecule has 1 atom stereocenters. The second-order valence-electron chi connectivity index (χ2n) is 17.4. The summed E-state index contributed by atoms with van der Waals surface area (Å²) in [5.74, 6) is -0.890.